The zero-order valence-electron chi connectivity index (χ0n) is 17.1. The van der Waals surface area contributed by atoms with Crippen LogP contribution < -0.4 is 10.6 Å². The fraction of sp³-hybridized carbons (Fsp3) is 0.737. The molecule has 0 spiro atoms. The van der Waals surface area contributed by atoms with Crippen molar-refractivity contribution in [3.05, 3.63) is 23.3 Å². The van der Waals surface area contributed by atoms with E-state index in [1.807, 2.05) is 30.1 Å². The molecular formula is C19H31N9. The van der Waals surface area contributed by atoms with Gasteiger partial charge in [0.05, 0.1) is 6.04 Å². The summed E-state index contributed by atoms with van der Waals surface area (Å²) in [5.41, 5.74) is 0. The van der Waals surface area contributed by atoms with E-state index < -0.39 is 0 Å². The van der Waals surface area contributed by atoms with Crippen molar-refractivity contribution in [1.29, 1.82) is 0 Å². The summed E-state index contributed by atoms with van der Waals surface area (Å²) in [5, 5.41) is 20.2. The topological polar surface area (TPSA) is 97.8 Å². The molecule has 1 fully saturated rings. The van der Waals surface area contributed by atoms with Crippen molar-refractivity contribution in [2.75, 3.05) is 0 Å². The van der Waals surface area contributed by atoms with Gasteiger partial charge in [0.2, 0.25) is 0 Å². The van der Waals surface area contributed by atoms with Gasteiger partial charge in [0.25, 0.3) is 0 Å². The summed E-state index contributed by atoms with van der Waals surface area (Å²) in [4.78, 5) is 9.50. The molecule has 0 saturated heterocycles. The number of nitrogens with one attached hydrogen (secondary N) is 2. The Bertz CT molecular complexity index is 829. The lowest BCUT2D eigenvalue weighted by Gasteiger charge is -2.29. The lowest BCUT2D eigenvalue weighted by molar-refractivity contribution is 0.383. The Morgan fingerprint density at radius 3 is 2.64 bits per heavy atom. The van der Waals surface area contributed by atoms with E-state index in [1.54, 1.807) is 0 Å². The number of aromatic nitrogens is 6. The highest BCUT2D eigenvalue weighted by Gasteiger charge is 2.25. The fourth-order valence-corrected chi connectivity index (χ4v) is 4.08. The van der Waals surface area contributed by atoms with Crippen molar-refractivity contribution in [2.45, 2.75) is 84.0 Å². The lowest BCUT2D eigenvalue weighted by atomic mass is 9.96. The van der Waals surface area contributed by atoms with Crippen LogP contribution in [0.15, 0.2) is 4.99 Å². The molecule has 0 amide bonds. The van der Waals surface area contributed by atoms with Crippen LogP contribution in [0.1, 0.15) is 74.3 Å². The molecule has 1 unspecified atom stereocenters. The van der Waals surface area contributed by atoms with Gasteiger partial charge in [-0.25, -0.2) is 14.7 Å². The third-order valence-corrected chi connectivity index (χ3v) is 5.80. The largest absolute Gasteiger partial charge is 0.354 e. The molecule has 1 aliphatic carbocycles. The van der Waals surface area contributed by atoms with Crippen LogP contribution in [0.5, 0.6) is 0 Å². The molecule has 0 bridgehead atoms. The van der Waals surface area contributed by atoms with Crippen molar-refractivity contribution in [1.82, 2.24) is 40.2 Å². The average Bonchev–Trinajstić information content (AvgIpc) is 3.23. The van der Waals surface area contributed by atoms with Gasteiger partial charge in [-0.1, -0.05) is 19.3 Å². The molecule has 0 aromatic carbocycles. The van der Waals surface area contributed by atoms with Crippen LogP contribution in [0.4, 0.5) is 0 Å². The van der Waals surface area contributed by atoms with Crippen molar-refractivity contribution in [2.24, 2.45) is 12.0 Å². The minimum absolute atomic E-state index is 0.131. The second kappa shape index (κ2) is 8.28. The Hall–Kier alpha value is -2.45. The molecule has 0 radical (unpaired) electrons. The molecule has 9 heteroatoms. The summed E-state index contributed by atoms with van der Waals surface area (Å²) >= 11 is 0. The van der Waals surface area contributed by atoms with Crippen LogP contribution in [0, 0.1) is 13.8 Å². The van der Waals surface area contributed by atoms with Gasteiger partial charge in [-0.15, -0.1) is 10.2 Å². The Labute approximate surface area is 166 Å². The number of hydrogen-bond donors (Lipinski definition) is 2. The van der Waals surface area contributed by atoms with Gasteiger partial charge >= 0.3 is 0 Å². The molecule has 2 aliphatic rings. The summed E-state index contributed by atoms with van der Waals surface area (Å²) in [6, 6.07) is 0.607. The van der Waals surface area contributed by atoms with Crippen LogP contribution in [-0.4, -0.2) is 41.5 Å². The van der Waals surface area contributed by atoms with E-state index >= 15 is 0 Å². The van der Waals surface area contributed by atoms with Crippen molar-refractivity contribution >= 4 is 5.96 Å². The zero-order chi connectivity index (χ0) is 19.5. The van der Waals surface area contributed by atoms with Gasteiger partial charge in [-0.3, -0.25) is 0 Å². The van der Waals surface area contributed by atoms with Gasteiger partial charge < -0.3 is 15.2 Å². The molecule has 3 heterocycles. The van der Waals surface area contributed by atoms with Gasteiger partial charge in [0, 0.05) is 19.6 Å². The van der Waals surface area contributed by atoms with E-state index in [-0.39, 0.29) is 6.04 Å². The van der Waals surface area contributed by atoms with Gasteiger partial charge in [0.1, 0.15) is 24.0 Å². The summed E-state index contributed by atoms with van der Waals surface area (Å²) in [6.07, 6.45) is 8.42. The Kier molecular flexibility index (Phi) is 5.59. The first-order valence-electron chi connectivity index (χ1n) is 10.4. The number of aryl methyl sites for hydroxylation is 3. The maximum atomic E-state index is 4.85. The maximum Gasteiger partial charge on any atom is 0.192 e. The highest BCUT2D eigenvalue weighted by Crippen LogP contribution is 2.23. The number of aliphatic imine (C=N–C) groups is 1. The second-order valence-corrected chi connectivity index (χ2v) is 7.95. The normalized spacial score (nSPS) is 20.8. The van der Waals surface area contributed by atoms with Crippen molar-refractivity contribution in [3.63, 3.8) is 0 Å². The smallest absolute Gasteiger partial charge is 0.192 e. The molecule has 9 nitrogen and oxygen atoms in total. The average molecular weight is 386 g/mol. The van der Waals surface area contributed by atoms with Crippen molar-refractivity contribution in [3.8, 4) is 0 Å². The quantitative estimate of drug-likeness (QED) is 0.616. The van der Waals surface area contributed by atoms with Crippen LogP contribution in [0.2, 0.25) is 0 Å². The van der Waals surface area contributed by atoms with Gasteiger partial charge in [0.15, 0.2) is 11.8 Å². The molecule has 1 atom stereocenters. The number of hydrogen-bond acceptors (Lipinski definition) is 5. The van der Waals surface area contributed by atoms with E-state index in [9.17, 15) is 0 Å². The minimum Gasteiger partial charge on any atom is -0.354 e. The molecule has 28 heavy (non-hydrogen) atoms. The Morgan fingerprint density at radius 1 is 1.07 bits per heavy atom. The highest BCUT2D eigenvalue weighted by atomic mass is 15.4. The molecule has 1 saturated carbocycles. The molecule has 2 aromatic heterocycles. The maximum absolute atomic E-state index is 4.85. The van der Waals surface area contributed by atoms with Crippen molar-refractivity contribution < 1.29 is 0 Å². The third-order valence-electron chi connectivity index (χ3n) is 5.80. The molecule has 1 aliphatic heterocycles. The summed E-state index contributed by atoms with van der Waals surface area (Å²) < 4.78 is 4.02. The number of rotatable bonds is 4. The molecule has 2 N–H and O–H groups in total. The molecular weight excluding hydrogens is 354 g/mol. The fourth-order valence-electron chi connectivity index (χ4n) is 4.08. The summed E-state index contributed by atoms with van der Waals surface area (Å²) in [6.45, 7) is 5.35. The monoisotopic (exact) mass is 385 g/mol. The van der Waals surface area contributed by atoms with E-state index in [0.29, 0.717) is 12.6 Å². The second-order valence-electron chi connectivity index (χ2n) is 7.95. The number of guanidine groups is 1. The number of fused-ring (bicyclic) bond motifs is 1. The first-order valence-corrected chi connectivity index (χ1v) is 10.4. The Balaban J connectivity index is 1.52. The van der Waals surface area contributed by atoms with Crippen LogP contribution in [0.3, 0.4) is 0 Å². The molecule has 152 valence electrons. The Morgan fingerprint density at radius 2 is 1.89 bits per heavy atom. The van der Waals surface area contributed by atoms with E-state index in [2.05, 4.69) is 30.9 Å². The third kappa shape index (κ3) is 4.18. The van der Waals surface area contributed by atoms with Gasteiger partial charge in [-0.05, 0) is 39.5 Å². The van der Waals surface area contributed by atoms with E-state index in [1.165, 1.54) is 32.1 Å². The molecule has 2 aromatic rings. The molecule has 4 rings (SSSR count). The number of nitrogens with zero attached hydrogens (tertiary/aromatic N) is 7. The van der Waals surface area contributed by atoms with Gasteiger partial charge in [-0.2, -0.15) is 5.10 Å². The predicted molar refractivity (Wildman–Crippen MR) is 107 cm³/mol. The van der Waals surface area contributed by atoms with Crippen LogP contribution in [-0.2, 0) is 20.1 Å². The lowest BCUT2D eigenvalue weighted by Crippen LogP contribution is -2.46. The van der Waals surface area contributed by atoms with Crippen LogP contribution in [0.25, 0.3) is 0 Å². The SMILES string of the molecule is Cc1nc2n(n1)CCCC2NC(=NCc1nnc(C)n1C)NC1CCCCC1. The zero-order valence-corrected chi connectivity index (χ0v) is 17.1. The first-order chi connectivity index (χ1) is 13.6. The summed E-state index contributed by atoms with van der Waals surface area (Å²) in [5.74, 6) is 4.45. The highest BCUT2D eigenvalue weighted by molar-refractivity contribution is 5.80. The minimum atomic E-state index is 0.131. The van der Waals surface area contributed by atoms with Crippen LogP contribution >= 0.6 is 0 Å². The first kappa shape index (κ1) is 18.9. The van der Waals surface area contributed by atoms with E-state index in [4.69, 9.17) is 4.99 Å². The standard InChI is InChI=1S/C19H31N9/c1-13-21-18-16(10-7-11-28(18)26-13)23-19(22-15-8-5-4-6-9-15)20-12-17-25-24-14(2)27(17)3/h15-16H,4-12H2,1-3H3,(H2,20,22,23). The van der Waals surface area contributed by atoms with E-state index in [0.717, 1.165) is 48.6 Å². The predicted octanol–water partition coefficient (Wildman–Crippen LogP) is 1.93. The summed E-state index contributed by atoms with van der Waals surface area (Å²) in [7, 11) is 1.98.